The van der Waals surface area contributed by atoms with Gasteiger partial charge in [0, 0.05) is 32.2 Å². The van der Waals surface area contributed by atoms with Crippen molar-refractivity contribution in [2.75, 3.05) is 33.2 Å². The fraction of sp³-hybridized carbons (Fsp3) is 0.636. The summed E-state index contributed by atoms with van der Waals surface area (Å²) in [6.07, 6.45) is 1.73. The van der Waals surface area contributed by atoms with Crippen molar-refractivity contribution in [2.45, 2.75) is 12.6 Å². The first-order chi connectivity index (χ1) is 7.29. The van der Waals surface area contributed by atoms with Gasteiger partial charge in [-0.15, -0.1) is 0 Å². The molecule has 1 aromatic rings. The Kier molecular flexibility index (Phi) is 3.41. The zero-order chi connectivity index (χ0) is 10.7. The van der Waals surface area contributed by atoms with Crippen LogP contribution in [0.15, 0.2) is 22.8 Å². The smallest absolute Gasteiger partial charge is 0.117 e. The molecular formula is C11H19N3O. The summed E-state index contributed by atoms with van der Waals surface area (Å²) in [7, 11) is 2.15. The monoisotopic (exact) mass is 209 g/mol. The van der Waals surface area contributed by atoms with Gasteiger partial charge in [0.25, 0.3) is 0 Å². The summed E-state index contributed by atoms with van der Waals surface area (Å²) in [5, 5.41) is 0. The number of nitrogens with zero attached hydrogens (tertiary/aromatic N) is 2. The Balaban J connectivity index is 1.95. The highest BCUT2D eigenvalue weighted by atomic mass is 16.3. The third-order valence-corrected chi connectivity index (χ3v) is 3.02. The highest BCUT2D eigenvalue weighted by Gasteiger charge is 2.24. The van der Waals surface area contributed by atoms with Crippen LogP contribution >= 0.6 is 0 Å². The first-order valence-electron chi connectivity index (χ1n) is 5.44. The molecule has 0 radical (unpaired) electrons. The molecule has 2 N–H and O–H groups in total. The van der Waals surface area contributed by atoms with Crippen LogP contribution in [0.5, 0.6) is 0 Å². The van der Waals surface area contributed by atoms with Crippen molar-refractivity contribution < 1.29 is 4.42 Å². The number of hydrogen-bond acceptors (Lipinski definition) is 4. The molecule has 1 fully saturated rings. The van der Waals surface area contributed by atoms with Gasteiger partial charge in [0.1, 0.15) is 5.76 Å². The summed E-state index contributed by atoms with van der Waals surface area (Å²) < 4.78 is 5.36. The van der Waals surface area contributed by atoms with Crippen molar-refractivity contribution in [2.24, 2.45) is 5.73 Å². The lowest BCUT2D eigenvalue weighted by atomic mass is 10.1. The van der Waals surface area contributed by atoms with Gasteiger partial charge in [-0.05, 0) is 19.2 Å². The van der Waals surface area contributed by atoms with Gasteiger partial charge in [-0.2, -0.15) is 0 Å². The molecule has 1 aliphatic rings. The second-order valence-electron chi connectivity index (χ2n) is 4.20. The van der Waals surface area contributed by atoms with E-state index in [-0.39, 0.29) is 0 Å². The van der Waals surface area contributed by atoms with Crippen molar-refractivity contribution in [3.05, 3.63) is 24.2 Å². The maximum atomic E-state index is 5.79. The van der Waals surface area contributed by atoms with E-state index < -0.39 is 0 Å². The number of furan rings is 1. The maximum absolute atomic E-state index is 5.79. The van der Waals surface area contributed by atoms with Crippen molar-refractivity contribution in [3.63, 3.8) is 0 Å². The molecule has 1 aromatic heterocycles. The minimum atomic E-state index is 0.453. The molecule has 0 spiro atoms. The normalized spacial score (nSPS) is 24.5. The summed E-state index contributed by atoms with van der Waals surface area (Å²) >= 11 is 0. The van der Waals surface area contributed by atoms with Crippen molar-refractivity contribution in [1.82, 2.24) is 9.80 Å². The Morgan fingerprint density at radius 3 is 3.07 bits per heavy atom. The van der Waals surface area contributed by atoms with Crippen molar-refractivity contribution in [1.29, 1.82) is 0 Å². The molecule has 0 bridgehead atoms. The lowest BCUT2D eigenvalue weighted by molar-refractivity contribution is 0.0820. The van der Waals surface area contributed by atoms with E-state index in [4.69, 9.17) is 10.2 Å². The van der Waals surface area contributed by atoms with Crippen LogP contribution in [0.1, 0.15) is 5.76 Å². The van der Waals surface area contributed by atoms with Crippen LogP contribution in [0.25, 0.3) is 0 Å². The molecule has 1 saturated heterocycles. The van der Waals surface area contributed by atoms with Gasteiger partial charge in [-0.1, -0.05) is 0 Å². The van der Waals surface area contributed by atoms with E-state index in [1.54, 1.807) is 6.26 Å². The molecule has 15 heavy (non-hydrogen) atoms. The van der Waals surface area contributed by atoms with Gasteiger partial charge in [0.05, 0.1) is 12.8 Å². The Bertz CT molecular complexity index is 286. The lowest BCUT2D eigenvalue weighted by Gasteiger charge is -2.39. The van der Waals surface area contributed by atoms with E-state index in [1.807, 2.05) is 12.1 Å². The van der Waals surface area contributed by atoms with Crippen LogP contribution in [-0.2, 0) is 6.54 Å². The Labute approximate surface area is 90.6 Å². The van der Waals surface area contributed by atoms with E-state index in [1.165, 1.54) is 0 Å². The van der Waals surface area contributed by atoms with Crippen LogP contribution < -0.4 is 5.73 Å². The predicted octanol–water partition coefficient (Wildman–Crippen LogP) is 0.354. The second kappa shape index (κ2) is 4.79. The van der Waals surface area contributed by atoms with Crippen LogP contribution in [0.4, 0.5) is 0 Å². The van der Waals surface area contributed by atoms with Gasteiger partial charge in [-0.25, -0.2) is 0 Å². The van der Waals surface area contributed by atoms with Crippen LogP contribution in [-0.4, -0.2) is 49.1 Å². The second-order valence-corrected chi connectivity index (χ2v) is 4.20. The summed E-state index contributed by atoms with van der Waals surface area (Å²) in [5.74, 6) is 1.03. The summed E-state index contributed by atoms with van der Waals surface area (Å²) in [6.45, 7) is 4.82. The molecule has 2 heterocycles. The van der Waals surface area contributed by atoms with E-state index >= 15 is 0 Å². The topological polar surface area (TPSA) is 45.6 Å². The lowest BCUT2D eigenvalue weighted by Crippen LogP contribution is -2.54. The number of nitrogens with two attached hydrogens (primary N) is 1. The van der Waals surface area contributed by atoms with Gasteiger partial charge < -0.3 is 15.1 Å². The SMILES string of the molecule is CN1CCN(Cc2ccco2)C(CN)C1. The molecule has 4 heteroatoms. The molecule has 1 aliphatic heterocycles. The summed E-state index contributed by atoms with van der Waals surface area (Å²) in [4.78, 5) is 4.73. The van der Waals surface area contributed by atoms with Crippen LogP contribution in [0.2, 0.25) is 0 Å². The molecule has 4 nitrogen and oxygen atoms in total. The fourth-order valence-corrected chi connectivity index (χ4v) is 2.08. The predicted molar refractivity (Wildman–Crippen MR) is 59.5 cm³/mol. The Hall–Kier alpha value is -0.840. The van der Waals surface area contributed by atoms with Gasteiger partial charge in [0.15, 0.2) is 0 Å². The molecule has 0 amide bonds. The van der Waals surface area contributed by atoms with E-state index in [0.717, 1.165) is 31.9 Å². The first kappa shape index (κ1) is 10.7. The van der Waals surface area contributed by atoms with Gasteiger partial charge in [-0.3, -0.25) is 4.90 Å². The third-order valence-electron chi connectivity index (χ3n) is 3.02. The van der Waals surface area contributed by atoms with Crippen molar-refractivity contribution >= 4 is 0 Å². The molecule has 0 saturated carbocycles. The molecule has 0 aliphatic carbocycles. The zero-order valence-electron chi connectivity index (χ0n) is 9.22. The molecule has 1 unspecified atom stereocenters. The standard InChI is InChI=1S/C11H19N3O/c1-13-4-5-14(10(7-12)8-13)9-11-3-2-6-15-11/h2-3,6,10H,4-5,7-9,12H2,1H3. The van der Waals surface area contributed by atoms with Gasteiger partial charge in [0.2, 0.25) is 0 Å². The largest absolute Gasteiger partial charge is 0.468 e. The molecular weight excluding hydrogens is 190 g/mol. The van der Waals surface area contributed by atoms with Crippen LogP contribution in [0, 0.1) is 0 Å². The van der Waals surface area contributed by atoms with Crippen molar-refractivity contribution in [3.8, 4) is 0 Å². The highest BCUT2D eigenvalue weighted by Crippen LogP contribution is 2.12. The van der Waals surface area contributed by atoms with Gasteiger partial charge >= 0.3 is 0 Å². The van der Waals surface area contributed by atoms with Crippen LogP contribution in [0.3, 0.4) is 0 Å². The van der Waals surface area contributed by atoms with E-state index in [2.05, 4.69) is 16.8 Å². The van der Waals surface area contributed by atoms with E-state index in [9.17, 15) is 0 Å². The summed E-state index contributed by atoms with van der Waals surface area (Å²) in [5.41, 5.74) is 5.79. The highest BCUT2D eigenvalue weighted by molar-refractivity contribution is 4.99. The Morgan fingerprint density at radius 1 is 1.53 bits per heavy atom. The number of hydrogen-bond donors (Lipinski definition) is 1. The zero-order valence-corrected chi connectivity index (χ0v) is 9.22. The molecule has 0 aromatic carbocycles. The fourth-order valence-electron chi connectivity index (χ4n) is 2.08. The Morgan fingerprint density at radius 2 is 2.40 bits per heavy atom. The quantitative estimate of drug-likeness (QED) is 0.780. The first-order valence-corrected chi connectivity index (χ1v) is 5.44. The van der Waals surface area contributed by atoms with E-state index in [0.29, 0.717) is 12.6 Å². The molecule has 2 rings (SSSR count). The number of piperazine rings is 1. The average molecular weight is 209 g/mol. The molecule has 84 valence electrons. The average Bonchev–Trinajstić information content (AvgIpc) is 2.73. The third kappa shape index (κ3) is 2.59. The minimum absolute atomic E-state index is 0.453. The number of rotatable bonds is 3. The number of likely N-dealkylation sites (N-methyl/N-ethyl adjacent to an activating group) is 1. The maximum Gasteiger partial charge on any atom is 0.117 e. The minimum Gasteiger partial charge on any atom is -0.468 e. The summed E-state index contributed by atoms with van der Waals surface area (Å²) in [6, 6.07) is 4.41. The molecule has 1 atom stereocenters.